The molecule has 0 radical (unpaired) electrons. The van der Waals surface area contributed by atoms with Crippen molar-refractivity contribution in [1.29, 1.82) is 0 Å². The highest BCUT2D eigenvalue weighted by Gasteiger charge is 2.23. The van der Waals surface area contributed by atoms with Crippen molar-refractivity contribution < 1.29 is 13.3 Å². The fourth-order valence-corrected chi connectivity index (χ4v) is 4.98. The Morgan fingerprint density at radius 1 is 1.19 bits per heavy atom. The summed E-state index contributed by atoms with van der Waals surface area (Å²) in [5, 5.41) is 4.05. The molecule has 1 N–H and O–H groups in total. The lowest BCUT2D eigenvalue weighted by Gasteiger charge is -2.15. The Labute approximate surface area is 190 Å². The second kappa shape index (κ2) is 10.4. The quantitative estimate of drug-likeness (QED) is 0.465. The van der Waals surface area contributed by atoms with Crippen molar-refractivity contribution in [3.05, 3.63) is 48.4 Å². The zero-order valence-electron chi connectivity index (χ0n) is 18.5. The number of pyridine rings is 1. The minimum Gasteiger partial charge on any atom is -0.385 e. The van der Waals surface area contributed by atoms with E-state index in [4.69, 9.17) is 9.72 Å². The summed E-state index contributed by atoms with van der Waals surface area (Å²) in [6.45, 7) is 1.20. The van der Waals surface area contributed by atoms with E-state index in [2.05, 4.69) is 10.3 Å². The summed E-state index contributed by atoms with van der Waals surface area (Å²) < 4.78 is 33.4. The average molecular weight is 457 g/mol. The number of imidazole rings is 1. The van der Waals surface area contributed by atoms with Gasteiger partial charge in [-0.25, -0.2) is 14.4 Å². The Bertz CT molecular complexity index is 1080. The van der Waals surface area contributed by atoms with Gasteiger partial charge in [0.05, 0.1) is 22.2 Å². The summed E-state index contributed by atoms with van der Waals surface area (Å²) >= 11 is 0. The third-order valence-corrected chi connectivity index (χ3v) is 6.60. The molecule has 8 heteroatoms. The fraction of sp³-hybridized carbons (Fsp3) is 0.417. The van der Waals surface area contributed by atoms with Crippen LogP contribution in [0, 0.1) is 5.82 Å². The summed E-state index contributed by atoms with van der Waals surface area (Å²) in [6.07, 6.45) is 8.96. The monoisotopic (exact) mass is 456 g/mol. The van der Waals surface area contributed by atoms with Crippen molar-refractivity contribution in [2.75, 3.05) is 25.3 Å². The first-order valence-electron chi connectivity index (χ1n) is 11.0. The van der Waals surface area contributed by atoms with Crippen LogP contribution < -0.4 is 5.32 Å². The molecule has 1 atom stereocenters. The number of halogens is 1. The predicted octanol–water partition coefficient (Wildman–Crippen LogP) is 4.88. The van der Waals surface area contributed by atoms with Gasteiger partial charge in [0.2, 0.25) is 0 Å². The summed E-state index contributed by atoms with van der Waals surface area (Å²) in [4.78, 5) is 9.28. The number of hydrogen-bond donors (Lipinski definition) is 1. The van der Waals surface area contributed by atoms with Crippen molar-refractivity contribution in [1.82, 2.24) is 14.5 Å². The number of anilines is 1. The van der Waals surface area contributed by atoms with Crippen LogP contribution in [-0.2, 0) is 22.1 Å². The summed E-state index contributed by atoms with van der Waals surface area (Å²) in [6, 6.07) is 10.7. The normalized spacial score (nSPS) is 15.2. The van der Waals surface area contributed by atoms with Crippen LogP contribution in [0.15, 0.2) is 47.8 Å². The third-order valence-electron chi connectivity index (χ3n) is 5.78. The van der Waals surface area contributed by atoms with Gasteiger partial charge in [-0.1, -0.05) is 12.8 Å². The van der Waals surface area contributed by atoms with E-state index in [-0.39, 0.29) is 5.82 Å². The second-order valence-electron chi connectivity index (χ2n) is 8.11. The molecule has 170 valence electrons. The molecule has 6 nitrogen and oxygen atoms in total. The van der Waals surface area contributed by atoms with Crippen LogP contribution in [0.2, 0.25) is 0 Å². The highest BCUT2D eigenvalue weighted by atomic mass is 32.2. The SMILES string of the molecule is COCCCn1c(S(C)=O)nc(-c2ccc(F)cc2)c1-c1ccnc(NC2CCCC2)c1. The number of nitrogens with zero attached hydrogens (tertiary/aromatic N) is 3. The van der Waals surface area contributed by atoms with E-state index in [1.807, 2.05) is 16.7 Å². The van der Waals surface area contributed by atoms with E-state index < -0.39 is 10.8 Å². The molecule has 0 saturated heterocycles. The first-order chi connectivity index (χ1) is 15.6. The van der Waals surface area contributed by atoms with Crippen molar-refractivity contribution in [2.45, 2.75) is 49.8 Å². The summed E-state index contributed by atoms with van der Waals surface area (Å²) in [5.74, 6) is 0.518. The van der Waals surface area contributed by atoms with Crippen LogP contribution in [0.25, 0.3) is 22.5 Å². The number of methoxy groups -OCH3 is 1. The second-order valence-corrected chi connectivity index (χ2v) is 9.38. The number of hydrogen-bond acceptors (Lipinski definition) is 5. The van der Waals surface area contributed by atoms with Crippen LogP contribution in [0.1, 0.15) is 32.1 Å². The molecule has 1 fully saturated rings. The Balaban J connectivity index is 1.82. The lowest BCUT2D eigenvalue weighted by atomic mass is 10.0. The zero-order chi connectivity index (χ0) is 22.5. The van der Waals surface area contributed by atoms with Crippen LogP contribution >= 0.6 is 0 Å². The number of rotatable bonds is 9. The third kappa shape index (κ3) is 5.07. The van der Waals surface area contributed by atoms with Crippen LogP contribution in [0.4, 0.5) is 10.2 Å². The van der Waals surface area contributed by atoms with E-state index in [0.29, 0.717) is 30.0 Å². The molecular formula is C24H29FN4O2S. The minimum absolute atomic E-state index is 0.305. The first kappa shape index (κ1) is 22.6. The van der Waals surface area contributed by atoms with Gasteiger partial charge in [0, 0.05) is 49.9 Å². The molecule has 2 aromatic heterocycles. The highest BCUT2D eigenvalue weighted by molar-refractivity contribution is 7.84. The number of nitrogens with one attached hydrogen (secondary N) is 1. The maximum Gasteiger partial charge on any atom is 0.199 e. The maximum atomic E-state index is 13.6. The maximum absolute atomic E-state index is 13.6. The number of benzene rings is 1. The predicted molar refractivity (Wildman–Crippen MR) is 126 cm³/mol. The molecule has 1 aliphatic rings. The molecule has 1 aliphatic carbocycles. The van der Waals surface area contributed by atoms with E-state index in [0.717, 1.165) is 41.9 Å². The fourth-order valence-electron chi connectivity index (χ4n) is 4.26. The van der Waals surface area contributed by atoms with E-state index in [1.165, 1.54) is 25.0 Å². The number of ether oxygens (including phenoxy) is 1. The Kier molecular flexibility index (Phi) is 7.32. The van der Waals surface area contributed by atoms with Crippen molar-refractivity contribution in [3.63, 3.8) is 0 Å². The average Bonchev–Trinajstić information content (AvgIpc) is 3.43. The van der Waals surface area contributed by atoms with Crippen molar-refractivity contribution in [3.8, 4) is 22.5 Å². The van der Waals surface area contributed by atoms with Gasteiger partial charge in [-0.2, -0.15) is 0 Å². The van der Waals surface area contributed by atoms with Gasteiger partial charge in [0.25, 0.3) is 0 Å². The molecule has 0 bridgehead atoms. The van der Waals surface area contributed by atoms with Gasteiger partial charge in [0.15, 0.2) is 5.16 Å². The molecule has 0 spiro atoms. The van der Waals surface area contributed by atoms with Gasteiger partial charge >= 0.3 is 0 Å². The van der Waals surface area contributed by atoms with E-state index in [9.17, 15) is 8.60 Å². The minimum atomic E-state index is -1.29. The number of aromatic nitrogens is 3. The molecule has 2 heterocycles. The largest absolute Gasteiger partial charge is 0.385 e. The van der Waals surface area contributed by atoms with Gasteiger partial charge in [-0.05, 0) is 55.7 Å². The smallest absolute Gasteiger partial charge is 0.199 e. The van der Waals surface area contributed by atoms with Gasteiger partial charge < -0.3 is 14.6 Å². The molecule has 4 rings (SSSR count). The highest BCUT2D eigenvalue weighted by Crippen LogP contribution is 2.35. The Hall–Kier alpha value is -2.58. The summed E-state index contributed by atoms with van der Waals surface area (Å²) in [5.41, 5.74) is 3.25. The van der Waals surface area contributed by atoms with Gasteiger partial charge in [-0.3, -0.25) is 4.21 Å². The van der Waals surface area contributed by atoms with E-state index >= 15 is 0 Å². The molecule has 1 aromatic carbocycles. The van der Waals surface area contributed by atoms with Crippen LogP contribution in [0.5, 0.6) is 0 Å². The molecule has 3 aromatic rings. The lowest BCUT2D eigenvalue weighted by Crippen LogP contribution is -2.15. The Morgan fingerprint density at radius 2 is 1.94 bits per heavy atom. The van der Waals surface area contributed by atoms with Gasteiger partial charge in [-0.15, -0.1) is 0 Å². The summed E-state index contributed by atoms with van der Waals surface area (Å²) in [7, 11) is 0.377. The molecule has 0 amide bonds. The van der Waals surface area contributed by atoms with Crippen LogP contribution in [-0.4, -0.2) is 44.8 Å². The molecule has 32 heavy (non-hydrogen) atoms. The molecule has 1 unspecified atom stereocenters. The standard InChI is InChI=1S/C24H29FN4O2S/c1-31-15-5-14-29-23(18-12-13-26-21(16-18)27-20-6-3-4-7-20)22(28-24(29)32(2)30)17-8-10-19(25)11-9-17/h8-13,16,20H,3-7,14-15H2,1-2H3,(H,26,27). The zero-order valence-corrected chi connectivity index (χ0v) is 19.3. The first-order valence-corrected chi connectivity index (χ1v) is 12.5. The molecule has 0 aliphatic heterocycles. The lowest BCUT2D eigenvalue weighted by molar-refractivity contribution is 0.189. The Morgan fingerprint density at radius 3 is 2.62 bits per heavy atom. The van der Waals surface area contributed by atoms with Crippen molar-refractivity contribution in [2.24, 2.45) is 0 Å². The van der Waals surface area contributed by atoms with Crippen molar-refractivity contribution >= 4 is 16.6 Å². The van der Waals surface area contributed by atoms with E-state index in [1.54, 1.807) is 31.7 Å². The van der Waals surface area contributed by atoms with Gasteiger partial charge in [0.1, 0.15) is 11.6 Å². The molecule has 1 saturated carbocycles. The topological polar surface area (TPSA) is 69.0 Å². The van der Waals surface area contributed by atoms with Crippen LogP contribution in [0.3, 0.4) is 0 Å². The molecular weight excluding hydrogens is 427 g/mol.